The first-order chi connectivity index (χ1) is 42.9. The van der Waals surface area contributed by atoms with Gasteiger partial charge in [-0.05, 0) is 12.8 Å². The second-order valence-electron chi connectivity index (χ2n) is 22.0. The van der Waals surface area contributed by atoms with Crippen LogP contribution in [0.15, 0.2) is 0 Å². The molecule has 18 heteroatoms. The molecule has 0 spiro atoms. The predicted octanol–water partition coefficient (Wildman–Crippen LogP) is 15.2. The molecule has 0 bridgehead atoms. The van der Waals surface area contributed by atoms with Crippen LogP contribution in [-0.2, 0) is 75.8 Å². The predicted molar refractivity (Wildman–Crippen MR) is 357 cm³/mol. The summed E-state index contributed by atoms with van der Waals surface area (Å²) in [6, 6.07) is 0. The molecule has 0 atom stereocenters. The number of rotatable bonds is 83. The molecular formula is C68H138O16S2. The van der Waals surface area contributed by atoms with Gasteiger partial charge in [0.15, 0.2) is 0 Å². The van der Waals surface area contributed by atoms with E-state index in [1.165, 1.54) is 193 Å². The van der Waals surface area contributed by atoms with E-state index >= 15 is 0 Å². The Labute approximate surface area is 537 Å². The Morgan fingerprint density at radius 3 is 0.395 bits per heavy atom. The Hall–Kier alpha value is 0.0600. The van der Waals surface area contributed by atoms with Gasteiger partial charge in [-0.3, -0.25) is 0 Å². The Kier molecular flexibility index (Phi) is 85.1. The second kappa shape index (κ2) is 85.1. The molecule has 0 aliphatic carbocycles. The molecule has 0 saturated carbocycles. The molecule has 0 amide bonds. The van der Waals surface area contributed by atoms with Crippen molar-refractivity contribution in [1.29, 1.82) is 0 Å². The maximum absolute atomic E-state index is 5.72. The van der Waals surface area contributed by atoms with Gasteiger partial charge in [0.1, 0.15) is 0 Å². The molecule has 0 aromatic heterocycles. The fraction of sp³-hybridized carbons (Fsp3) is 1.00. The molecule has 0 saturated heterocycles. The van der Waals surface area contributed by atoms with Crippen LogP contribution < -0.4 is 0 Å². The molecule has 86 heavy (non-hydrogen) atoms. The van der Waals surface area contributed by atoms with Crippen molar-refractivity contribution in [1.82, 2.24) is 0 Å². The zero-order valence-corrected chi connectivity index (χ0v) is 57.7. The first kappa shape index (κ1) is 86.1. The molecule has 0 heterocycles. The SMILES string of the molecule is CCCCCCCCCCCCCCCCCCOCCOCCOCCOCCOCCOCCOCCOCCSSCCOCCOCCOCCOCCOCCOCCOCCOCCCCCCCCCCCCCCCCCC. The molecule has 0 aliphatic rings. The summed E-state index contributed by atoms with van der Waals surface area (Å²) in [6.07, 6.45) is 44.3. The van der Waals surface area contributed by atoms with Gasteiger partial charge in [-0.15, -0.1) is 0 Å². The Bertz CT molecular complexity index is 1060. The topological polar surface area (TPSA) is 148 Å². The second-order valence-corrected chi connectivity index (χ2v) is 24.8. The Balaban J connectivity index is 3.08. The van der Waals surface area contributed by atoms with E-state index in [0.717, 1.165) is 37.6 Å². The van der Waals surface area contributed by atoms with Gasteiger partial charge in [-0.1, -0.05) is 228 Å². The van der Waals surface area contributed by atoms with E-state index in [4.69, 9.17) is 75.8 Å². The standard InChI is InChI=1S/C68H138O16S2/c1-3-5-7-9-11-13-15-17-19-21-23-25-27-29-31-33-35-69-37-39-71-41-43-73-45-47-75-49-51-77-53-55-79-57-59-81-61-63-83-65-67-85-86-68-66-84-64-62-82-60-58-80-56-54-78-52-50-76-48-46-74-44-42-72-40-38-70-36-34-32-30-28-26-24-22-20-18-16-14-12-10-8-6-4-2/h3-68H2,1-2H3. The average molecular weight is 1280 g/mol. The van der Waals surface area contributed by atoms with E-state index in [9.17, 15) is 0 Å². The maximum atomic E-state index is 5.72. The van der Waals surface area contributed by atoms with Crippen molar-refractivity contribution < 1.29 is 75.8 Å². The molecule has 518 valence electrons. The third-order valence-electron chi connectivity index (χ3n) is 14.2. The molecule has 0 aliphatic heterocycles. The summed E-state index contributed by atoms with van der Waals surface area (Å²) in [5.41, 5.74) is 0. The highest BCUT2D eigenvalue weighted by atomic mass is 33.1. The van der Waals surface area contributed by atoms with E-state index in [0.29, 0.717) is 198 Å². The third kappa shape index (κ3) is 84.1. The molecule has 0 fully saturated rings. The van der Waals surface area contributed by atoms with Gasteiger partial charge < -0.3 is 75.8 Å². The number of unbranched alkanes of at least 4 members (excludes halogenated alkanes) is 30. The fourth-order valence-corrected chi connectivity index (χ4v) is 10.8. The van der Waals surface area contributed by atoms with Gasteiger partial charge in [-0.2, -0.15) is 0 Å². The summed E-state index contributed by atoms with van der Waals surface area (Å²) in [6.45, 7) is 23.2. The molecule has 0 unspecified atom stereocenters. The normalized spacial score (nSPS) is 11.8. The maximum Gasteiger partial charge on any atom is 0.0701 e. The largest absolute Gasteiger partial charge is 0.379 e. The van der Waals surface area contributed by atoms with Crippen molar-refractivity contribution in [2.24, 2.45) is 0 Å². The number of hydrogen-bond acceptors (Lipinski definition) is 18. The van der Waals surface area contributed by atoms with Crippen molar-refractivity contribution in [3.8, 4) is 0 Å². The highest BCUT2D eigenvalue weighted by Gasteiger charge is 2.02. The van der Waals surface area contributed by atoms with Crippen LogP contribution in [0.3, 0.4) is 0 Å². The zero-order valence-electron chi connectivity index (χ0n) is 56.0. The van der Waals surface area contributed by atoms with E-state index in [1.807, 2.05) is 0 Å². The lowest BCUT2D eigenvalue weighted by atomic mass is 10.0. The summed E-state index contributed by atoms with van der Waals surface area (Å²) in [7, 11) is 3.58. The van der Waals surface area contributed by atoms with Crippen LogP contribution in [0.1, 0.15) is 219 Å². The lowest BCUT2D eigenvalue weighted by Gasteiger charge is -2.09. The smallest absolute Gasteiger partial charge is 0.0701 e. The van der Waals surface area contributed by atoms with Crippen LogP contribution in [-0.4, -0.2) is 223 Å². The molecule has 0 aromatic rings. The minimum Gasteiger partial charge on any atom is -0.379 e. The van der Waals surface area contributed by atoms with Crippen LogP contribution in [0.2, 0.25) is 0 Å². The minimum atomic E-state index is 0.526. The van der Waals surface area contributed by atoms with E-state index < -0.39 is 0 Å². The van der Waals surface area contributed by atoms with Crippen molar-refractivity contribution in [3.05, 3.63) is 0 Å². The van der Waals surface area contributed by atoms with Crippen LogP contribution in [0.4, 0.5) is 0 Å². The van der Waals surface area contributed by atoms with E-state index in [-0.39, 0.29) is 0 Å². The summed E-state index contributed by atoms with van der Waals surface area (Å²) in [5, 5.41) is 0. The van der Waals surface area contributed by atoms with Crippen LogP contribution in [0.25, 0.3) is 0 Å². The highest BCUT2D eigenvalue weighted by molar-refractivity contribution is 8.76. The summed E-state index contributed by atoms with van der Waals surface area (Å²) in [5.74, 6) is 1.84. The molecule has 0 rings (SSSR count). The lowest BCUT2D eigenvalue weighted by Crippen LogP contribution is -2.15. The molecule has 0 aromatic carbocycles. The first-order valence-electron chi connectivity index (χ1n) is 35.4. The molecular weight excluding hydrogens is 1140 g/mol. The minimum absolute atomic E-state index is 0.526. The van der Waals surface area contributed by atoms with Crippen LogP contribution >= 0.6 is 21.6 Å². The fourth-order valence-electron chi connectivity index (χ4n) is 9.09. The van der Waals surface area contributed by atoms with Crippen molar-refractivity contribution >= 4 is 21.6 Å². The van der Waals surface area contributed by atoms with Crippen molar-refractivity contribution in [2.45, 2.75) is 219 Å². The van der Waals surface area contributed by atoms with Crippen LogP contribution in [0, 0.1) is 0 Å². The van der Waals surface area contributed by atoms with Gasteiger partial charge in [0, 0.05) is 24.7 Å². The third-order valence-corrected chi connectivity index (χ3v) is 16.5. The van der Waals surface area contributed by atoms with E-state index in [2.05, 4.69) is 13.8 Å². The van der Waals surface area contributed by atoms with Gasteiger partial charge in [0.05, 0.1) is 198 Å². The molecule has 16 nitrogen and oxygen atoms in total. The van der Waals surface area contributed by atoms with Crippen molar-refractivity contribution in [3.63, 3.8) is 0 Å². The summed E-state index contributed by atoms with van der Waals surface area (Å²) >= 11 is 0. The number of hydrogen-bond donors (Lipinski definition) is 0. The van der Waals surface area contributed by atoms with Crippen molar-refractivity contribution in [2.75, 3.05) is 223 Å². The average Bonchev–Trinajstić information content (AvgIpc) is 3.52. The van der Waals surface area contributed by atoms with Crippen LogP contribution in [0.5, 0.6) is 0 Å². The summed E-state index contributed by atoms with van der Waals surface area (Å²) in [4.78, 5) is 0. The zero-order chi connectivity index (χ0) is 61.4. The molecule has 0 N–H and O–H groups in total. The Morgan fingerprint density at radius 1 is 0.128 bits per heavy atom. The van der Waals surface area contributed by atoms with Gasteiger partial charge >= 0.3 is 0 Å². The monoisotopic (exact) mass is 1270 g/mol. The first-order valence-corrected chi connectivity index (χ1v) is 37.9. The van der Waals surface area contributed by atoms with Gasteiger partial charge in [-0.25, -0.2) is 0 Å². The summed E-state index contributed by atoms with van der Waals surface area (Å²) < 4.78 is 89.7. The number of ether oxygens (including phenoxy) is 16. The van der Waals surface area contributed by atoms with Gasteiger partial charge in [0.25, 0.3) is 0 Å². The van der Waals surface area contributed by atoms with Gasteiger partial charge in [0.2, 0.25) is 0 Å². The lowest BCUT2D eigenvalue weighted by molar-refractivity contribution is -0.0228. The highest BCUT2D eigenvalue weighted by Crippen LogP contribution is 2.20. The Morgan fingerprint density at radius 2 is 0.244 bits per heavy atom. The quantitative estimate of drug-likeness (QED) is 0.0420. The van der Waals surface area contributed by atoms with E-state index in [1.54, 1.807) is 21.6 Å². The molecule has 0 radical (unpaired) electrons.